The third-order valence-corrected chi connectivity index (χ3v) is 6.12. The Kier molecular flexibility index (Phi) is 5.11. The van der Waals surface area contributed by atoms with E-state index in [1.54, 1.807) is 13.0 Å². The maximum atomic E-state index is 13.1. The molecule has 0 spiro atoms. The van der Waals surface area contributed by atoms with Crippen LogP contribution in [0.2, 0.25) is 0 Å². The molecule has 2 heterocycles. The number of para-hydroxylation sites is 1. The van der Waals surface area contributed by atoms with Gasteiger partial charge in [0.25, 0.3) is 5.56 Å². The molecule has 1 atom stereocenters. The summed E-state index contributed by atoms with van der Waals surface area (Å²) in [5, 5.41) is 2.34. The van der Waals surface area contributed by atoms with Gasteiger partial charge in [-0.05, 0) is 54.8 Å². The second-order valence-electron chi connectivity index (χ2n) is 6.14. The van der Waals surface area contributed by atoms with E-state index >= 15 is 0 Å². The van der Waals surface area contributed by atoms with Crippen molar-refractivity contribution in [2.75, 3.05) is 0 Å². The van der Waals surface area contributed by atoms with Crippen molar-refractivity contribution in [3.63, 3.8) is 0 Å². The van der Waals surface area contributed by atoms with Crippen molar-refractivity contribution < 1.29 is 9.18 Å². The zero-order valence-corrected chi connectivity index (χ0v) is 16.5. The van der Waals surface area contributed by atoms with E-state index in [2.05, 4.69) is 4.98 Å². The highest BCUT2D eigenvalue weighted by Gasteiger charge is 2.21. The minimum atomic E-state index is -0.496. The molecule has 0 radical (unpaired) electrons. The van der Waals surface area contributed by atoms with Gasteiger partial charge in [0.1, 0.15) is 10.6 Å². The summed E-state index contributed by atoms with van der Waals surface area (Å²) in [7, 11) is 0. The molecule has 0 aliphatic heterocycles. The minimum absolute atomic E-state index is 0.148. The summed E-state index contributed by atoms with van der Waals surface area (Å²) in [6, 6.07) is 16.5. The molecule has 2 aromatic carbocycles. The van der Waals surface area contributed by atoms with Crippen LogP contribution in [0.3, 0.4) is 0 Å². The van der Waals surface area contributed by atoms with Gasteiger partial charge in [0.15, 0.2) is 10.9 Å². The second kappa shape index (κ2) is 7.69. The number of aromatic nitrogens is 2. The van der Waals surface area contributed by atoms with E-state index in [0.717, 1.165) is 0 Å². The summed E-state index contributed by atoms with van der Waals surface area (Å²) in [4.78, 5) is 31.1. The average molecular weight is 410 g/mol. The molecule has 28 heavy (non-hydrogen) atoms. The average Bonchev–Trinajstić information content (AvgIpc) is 3.18. The maximum absolute atomic E-state index is 13.1. The molecule has 2 aromatic heterocycles. The number of carbonyl (C=O) groups excluding carboxylic acids is 1. The van der Waals surface area contributed by atoms with Crippen LogP contribution in [0.25, 0.3) is 15.9 Å². The van der Waals surface area contributed by atoms with Gasteiger partial charge >= 0.3 is 0 Å². The van der Waals surface area contributed by atoms with E-state index in [1.807, 2.05) is 35.7 Å². The summed E-state index contributed by atoms with van der Waals surface area (Å²) in [5.74, 6) is -0.537. The SMILES string of the molecule is C[C@H](Sc1nc2sccc2c(=O)n1-c1ccccc1)C(=O)c1ccc(F)cc1. The van der Waals surface area contributed by atoms with Crippen LogP contribution in [0.1, 0.15) is 17.3 Å². The van der Waals surface area contributed by atoms with Crippen molar-refractivity contribution in [2.24, 2.45) is 0 Å². The number of benzene rings is 2. The maximum Gasteiger partial charge on any atom is 0.267 e. The molecular formula is C21H15FN2O2S2. The molecule has 4 rings (SSSR count). The van der Waals surface area contributed by atoms with E-state index in [1.165, 1.54) is 51.9 Å². The van der Waals surface area contributed by atoms with Gasteiger partial charge in [0, 0.05) is 5.56 Å². The first-order chi connectivity index (χ1) is 13.5. The Morgan fingerprint density at radius 1 is 1.11 bits per heavy atom. The number of nitrogens with zero attached hydrogens (tertiary/aromatic N) is 2. The fourth-order valence-corrected chi connectivity index (χ4v) is 4.65. The fraction of sp³-hybridized carbons (Fsp3) is 0.0952. The van der Waals surface area contributed by atoms with Crippen LogP contribution in [0.4, 0.5) is 4.39 Å². The van der Waals surface area contributed by atoms with Crippen LogP contribution in [0, 0.1) is 5.82 Å². The largest absolute Gasteiger partial charge is 0.293 e. The molecule has 0 fully saturated rings. The monoisotopic (exact) mass is 410 g/mol. The quantitative estimate of drug-likeness (QED) is 0.265. The van der Waals surface area contributed by atoms with Crippen molar-refractivity contribution in [2.45, 2.75) is 17.3 Å². The van der Waals surface area contributed by atoms with Crippen LogP contribution in [-0.2, 0) is 0 Å². The van der Waals surface area contributed by atoms with Gasteiger partial charge in [-0.1, -0.05) is 30.0 Å². The highest BCUT2D eigenvalue weighted by molar-refractivity contribution is 8.00. The van der Waals surface area contributed by atoms with E-state index in [0.29, 0.717) is 26.6 Å². The third-order valence-electron chi connectivity index (χ3n) is 4.26. The molecule has 0 saturated carbocycles. The number of hydrogen-bond acceptors (Lipinski definition) is 5. The number of hydrogen-bond donors (Lipinski definition) is 0. The van der Waals surface area contributed by atoms with E-state index in [-0.39, 0.29) is 17.2 Å². The normalized spacial score (nSPS) is 12.2. The number of carbonyl (C=O) groups is 1. The summed E-state index contributed by atoms with van der Waals surface area (Å²) >= 11 is 2.61. The molecule has 0 aliphatic rings. The lowest BCUT2D eigenvalue weighted by atomic mass is 10.1. The van der Waals surface area contributed by atoms with Gasteiger partial charge in [-0.25, -0.2) is 9.37 Å². The van der Waals surface area contributed by atoms with Crippen molar-refractivity contribution in [1.82, 2.24) is 9.55 Å². The molecule has 140 valence electrons. The Morgan fingerprint density at radius 3 is 2.54 bits per heavy atom. The van der Waals surface area contributed by atoms with Gasteiger partial charge in [-0.3, -0.25) is 14.2 Å². The van der Waals surface area contributed by atoms with Gasteiger partial charge in [0.05, 0.1) is 16.3 Å². The number of thiophene rings is 1. The minimum Gasteiger partial charge on any atom is -0.293 e. The summed E-state index contributed by atoms with van der Waals surface area (Å²) in [5.41, 5.74) is 0.950. The highest BCUT2D eigenvalue weighted by atomic mass is 32.2. The Morgan fingerprint density at radius 2 is 1.82 bits per heavy atom. The van der Waals surface area contributed by atoms with Crippen LogP contribution in [0.15, 0.2) is 76.0 Å². The Bertz CT molecular complexity index is 1200. The standard InChI is InChI=1S/C21H15FN2O2S2/c1-13(18(25)14-7-9-15(22)10-8-14)28-21-23-19-17(11-12-27-19)20(26)24(21)16-5-3-2-4-6-16/h2-13H,1H3/t13-/m0/s1. The van der Waals surface area contributed by atoms with Gasteiger partial charge < -0.3 is 0 Å². The zero-order chi connectivity index (χ0) is 19.7. The van der Waals surface area contributed by atoms with Crippen LogP contribution >= 0.6 is 23.1 Å². The van der Waals surface area contributed by atoms with Gasteiger partial charge in [0.2, 0.25) is 0 Å². The lowest BCUT2D eigenvalue weighted by molar-refractivity contribution is 0.0994. The Labute approximate surface area is 168 Å². The zero-order valence-electron chi connectivity index (χ0n) is 14.8. The molecule has 4 nitrogen and oxygen atoms in total. The molecule has 0 amide bonds. The molecule has 7 heteroatoms. The van der Waals surface area contributed by atoms with Crippen molar-refractivity contribution in [3.05, 3.63) is 87.8 Å². The van der Waals surface area contributed by atoms with Crippen molar-refractivity contribution in [1.29, 1.82) is 0 Å². The number of rotatable bonds is 5. The topological polar surface area (TPSA) is 52.0 Å². The molecule has 4 aromatic rings. The van der Waals surface area contributed by atoms with Crippen LogP contribution < -0.4 is 5.56 Å². The highest BCUT2D eigenvalue weighted by Crippen LogP contribution is 2.28. The number of ketones is 1. The first kappa shape index (κ1) is 18.6. The summed E-state index contributed by atoms with van der Waals surface area (Å²) in [6.45, 7) is 1.76. The second-order valence-corrected chi connectivity index (χ2v) is 8.34. The first-order valence-electron chi connectivity index (χ1n) is 8.57. The molecular weight excluding hydrogens is 395 g/mol. The van der Waals surface area contributed by atoms with Gasteiger partial charge in [-0.15, -0.1) is 11.3 Å². The number of Topliss-reactive ketones (excluding diaryl/α,β-unsaturated/α-hetero) is 1. The Hall–Kier alpha value is -2.77. The predicted octanol–water partition coefficient (Wildman–Crippen LogP) is 4.95. The molecule has 0 aliphatic carbocycles. The van der Waals surface area contributed by atoms with Crippen LogP contribution in [-0.4, -0.2) is 20.6 Å². The third kappa shape index (κ3) is 3.50. The van der Waals surface area contributed by atoms with Crippen molar-refractivity contribution in [3.8, 4) is 5.69 Å². The molecule has 0 unspecified atom stereocenters. The van der Waals surface area contributed by atoms with E-state index in [4.69, 9.17) is 0 Å². The smallest absolute Gasteiger partial charge is 0.267 e. The summed E-state index contributed by atoms with van der Waals surface area (Å²) in [6.07, 6.45) is 0. The van der Waals surface area contributed by atoms with E-state index in [9.17, 15) is 14.0 Å². The molecule has 0 bridgehead atoms. The van der Waals surface area contributed by atoms with Crippen molar-refractivity contribution >= 4 is 39.1 Å². The number of halogens is 1. The molecule has 0 N–H and O–H groups in total. The van der Waals surface area contributed by atoms with Gasteiger partial charge in [-0.2, -0.15) is 0 Å². The predicted molar refractivity (Wildman–Crippen MR) is 111 cm³/mol. The number of thioether (sulfide) groups is 1. The lowest BCUT2D eigenvalue weighted by Crippen LogP contribution is -2.23. The fourth-order valence-electron chi connectivity index (χ4n) is 2.84. The molecule has 0 saturated heterocycles. The number of fused-ring (bicyclic) bond motifs is 1. The Balaban J connectivity index is 1.76. The summed E-state index contributed by atoms with van der Waals surface area (Å²) < 4.78 is 14.7. The van der Waals surface area contributed by atoms with E-state index < -0.39 is 5.25 Å². The lowest BCUT2D eigenvalue weighted by Gasteiger charge is -2.15. The first-order valence-corrected chi connectivity index (χ1v) is 10.3. The van der Waals surface area contributed by atoms with Crippen LogP contribution in [0.5, 0.6) is 0 Å².